The number of benzene rings is 2. The smallest absolute Gasteiger partial charge is 0.212 e. The minimum absolute atomic E-state index is 0. The van der Waals surface area contributed by atoms with Gasteiger partial charge in [0.1, 0.15) is 18.0 Å². The van der Waals surface area contributed by atoms with E-state index in [0.717, 1.165) is 29.3 Å². The molecular formula is C21H22INO2. The molecule has 0 aliphatic carbocycles. The van der Waals surface area contributed by atoms with Gasteiger partial charge in [-0.15, -0.1) is 0 Å². The van der Waals surface area contributed by atoms with Gasteiger partial charge >= 0.3 is 0 Å². The van der Waals surface area contributed by atoms with E-state index in [1.54, 1.807) is 14.2 Å². The first-order chi connectivity index (χ1) is 11.8. The Balaban J connectivity index is 0.00000225. The fourth-order valence-electron chi connectivity index (χ4n) is 2.92. The first-order valence-electron chi connectivity index (χ1n) is 8.08. The number of para-hydroxylation sites is 1. The molecule has 0 unspecified atom stereocenters. The second-order valence-corrected chi connectivity index (χ2v) is 5.50. The third-order valence-corrected chi connectivity index (χ3v) is 4.16. The number of hydrogen-bond acceptors (Lipinski definition) is 2. The number of halogens is 1. The predicted molar refractivity (Wildman–Crippen MR) is 98.3 cm³/mol. The molecule has 0 saturated carbocycles. The van der Waals surface area contributed by atoms with Gasteiger partial charge in [-0.25, -0.2) is 0 Å². The third-order valence-electron chi connectivity index (χ3n) is 4.16. The molecule has 0 atom stereocenters. The summed E-state index contributed by atoms with van der Waals surface area (Å²) in [5.74, 6) is 1.65. The summed E-state index contributed by atoms with van der Waals surface area (Å²) in [5.41, 5.74) is 3.38. The van der Waals surface area contributed by atoms with Gasteiger partial charge in [-0.05, 0) is 43.3 Å². The van der Waals surface area contributed by atoms with Crippen molar-refractivity contribution in [3.63, 3.8) is 0 Å². The van der Waals surface area contributed by atoms with Crippen LogP contribution in [-0.4, -0.2) is 14.2 Å². The summed E-state index contributed by atoms with van der Waals surface area (Å²) >= 11 is 0. The van der Waals surface area contributed by atoms with Crippen LogP contribution in [0.25, 0.3) is 23.1 Å². The number of rotatable bonds is 5. The Bertz CT molecular complexity index is 890. The number of nitrogens with zero attached hydrogens (tertiary/aromatic N) is 1. The van der Waals surface area contributed by atoms with Gasteiger partial charge in [0.15, 0.2) is 0 Å². The Morgan fingerprint density at radius 3 is 2.44 bits per heavy atom. The molecule has 130 valence electrons. The molecule has 3 aromatic rings. The predicted octanol–water partition coefficient (Wildman–Crippen LogP) is 1.34. The molecule has 3 rings (SSSR count). The highest BCUT2D eigenvalue weighted by Crippen LogP contribution is 2.25. The van der Waals surface area contributed by atoms with Gasteiger partial charge in [0, 0.05) is 29.2 Å². The maximum atomic E-state index is 5.45. The fraction of sp³-hybridized carbons (Fsp3) is 0.190. The number of ether oxygens (including phenoxy) is 2. The molecule has 2 aromatic carbocycles. The van der Waals surface area contributed by atoms with Crippen LogP contribution >= 0.6 is 0 Å². The molecule has 0 aliphatic rings. The van der Waals surface area contributed by atoms with Crippen LogP contribution in [0.2, 0.25) is 0 Å². The van der Waals surface area contributed by atoms with Crippen LogP contribution in [0.3, 0.4) is 0 Å². The number of hydrogen-bond donors (Lipinski definition) is 0. The highest BCUT2D eigenvalue weighted by Gasteiger charge is 2.11. The summed E-state index contributed by atoms with van der Waals surface area (Å²) < 4.78 is 13.1. The summed E-state index contributed by atoms with van der Waals surface area (Å²) in [6.45, 7) is 3.08. The zero-order chi connectivity index (χ0) is 16.9. The van der Waals surface area contributed by atoms with Crippen molar-refractivity contribution < 1.29 is 38.0 Å². The van der Waals surface area contributed by atoms with Gasteiger partial charge in [0.05, 0.1) is 14.2 Å². The van der Waals surface area contributed by atoms with Crippen LogP contribution in [0.15, 0.2) is 54.6 Å². The van der Waals surface area contributed by atoms with Crippen molar-refractivity contribution in [3.05, 3.63) is 65.9 Å². The van der Waals surface area contributed by atoms with Crippen molar-refractivity contribution in [2.24, 2.45) is 0 Å². The van der Waals surface area contributed by atoms with Gasteiger partial charge in [-0.2, -0.15) is 4.57 Å². The lowest BCUT2D eigenvalue weighted by Gasteiger charge is -2.07. The molecule has 0 aliphatic heterocycles. The summed E-state index contributed by atoms with van der Waals surface area (Å²) in [7, 11) is 3.35. The minimum Gasteiger partial charge on any atom is -1.00 e. The molecule has 0 amide bonds. The van der Waals surface area contributed by atoms with Crippen LogP contribution in [-0.2, 0) is 6.54 Å². The average Bonchev–Trinajstić information content (AvgIpc) is 2.65. The van der Waals surface area contributed by atoms with E-state index in [1.165, 1.54) is 10.9 Å². The summed E-state index contributed by atoms with van der Waals surface area (Å²) in [6, 6.07) is 18.5. The third kappa shape index (κ3) is 4.12. The Morgan fingerprint density at radius 2 is 1.72 bits per heavy atom. The lowest BCUT2D eigenvalue weighted by Crippen LogP contribution is -3.00. The van der Waals surface area contributed by atoms with Crippen LogP contribution in [0.1, 0.15) is 18.2 Å². The molecule has 1 aromatic heterocycles. The second kappa shape index (κ2) is 8.85. The number of aryl methyl sites for hydroxylation is 1. The van der Waals surface area contributed by atoms with E-state index in [0.29, 0.717) is 0 Å². The van der Waals surface area contributed by atoms with E-state index in [2.05, 4.69) is 60.0 Å². The largest absolute Gasteiger partial charge is 1.00 e. The van der Waals surface area contributed by atoms with Gasteiger partial charge in [0.25, 0.3) is 0 Å². The van der Waals surface area contributed by atoms with E-state index < -0.39 is 0 Å². The van der Waals surface area contributed by atoms with Crippen LogP contribution in [0.5, 0.6) is 11.5 Å². The number of methoxy groups -OCH3 is 2. The molecule has 0 radical (unpaired) electrons. The molecule has 0 fully saturated rings. The van der Waals surface area contributed by atoms with E-state index in [1.807, 2.05) is 18.2 Å². The van der Waals surface area contributed by atoms with Crippen LogP contribution in [0, 0.1) is 0 Å². The van der Waals surface area contributed by atoms with Crippen molar-refractivity contribution in [3.8, 4) is 11.5 Å². The normalized spacial score (nSPS) is 10.7. The topological polar surface area (TPSA) is 22.3 Å². The molecule has 1 heterocycles. The Labute approximate surface area is 165 Å². The number of pyridine rings is 1. The molecule has 0 saturated heterocycles. The van der Waals surface area contributed by atoms with Crippen molar-refractivity contribution in [1.82, 2.24) is 0 Å². The quantitative estimate of drug-likeness (QED) is 0.435. The minimum atomic E-state index is 0. The monoisotopic (exact) mass is 447 g/mol. The van der Waals surface area contributed by atoms with Gasteiger partial charge < -0.3 is 33.5 Å². The summed E-state index contributed by atoms with van der Waals surface area (Å²) in [6.07, 6.45) is 4.19. The first kappa shape index (κ1) is 19.2. The van der Waals surface area contributed by atoms with Crippen LogP contribution in [0.4, 0.5) is 0 Å². The molecule has 0 bridgehead atoms. The molecule has 3 nitrogen and oxygen atoms in total. The fourth-order valence-corrected chi connectivity index (χ4v) is 2.92. The summed E-state index contributed by atoms with van der Waals surface area (Å²) in [4.78, 5) is 0. The first-order valence-corrected chi connectivity index (χ1v) is 8.08. The van der Waals surface area contributed by atoms with Gasteiger partial charge in [-0.1, -0.05) is 12.1 Å². The average molecular weight is 447 g/mol. The van der Waals surface area contributed by atoms with E-state index in [9.17, 15) is 0 Å². The van der Waals surface area contributed by atoms with Crippen molar-refractivity contribution in [1.29, 1.82) is 0 Å². The van der Waals surface area contributed by atoms with Crippen molar-refractivity contribution in [2.75, 3.05) is 14.2 Å². The van der Waals surface area contributed by atoms with E-state index in [-0.39, 0.29) is 24.0 Å². The lowest BCUT2D eigenvalue weighted by atomic mass is 10.1. The SMILES string of the molecule is CC[n+]1c(/C=C/c2cc(OC)ccc2OC)ccc2ccccc21.[I-]. The van der Waals surface area contributed by atoms with Crippen molar-refractivity contribution >= 4 is 23.1 Å². The van der Waals surface area contributed by atoms with E-state index >= 15 is 0 Å². The molecule has 0 N–H and O–H groups in total. The zero-order valence-corrected chi connectivity index (χ0v) is 16.9. The highest BCUT2D eigenvalue weighted by molar-refractivity contribution is 5.78. The number of fused-ring (bicyclic) bond motifs is 1. The Kier molecular flexibility index (Phi) is 6.82. The van der Waals surface area contributed by atoms with Crippen molar-refractivity contribution in [2.45, 2.75) is 13.5 Å². The maximum absolute atomic E-state index is 5.45. The molecule has 0 spiro atoms. The highest BCUT2D eigenvalue weighted by atomic mass is 127. The van der Waals surface area contributed by atoms with Crippen LogP contribution < -0.4 is 38.0 Å². The number of aromatic nitrogens is 1. The zero-order valence-electron chi connectivity index (χ0n) is 14.7. The molecule has 25 heavy (non-hydrogen) atoms. The second-order valence-electron chi connectivity index (χ2n) is 5.50. The standard InChI is InChI=1S/C21H22NO2.HI/c1-4-22-18(11-9-16-7-5-6-8-20(16)22)12-10-17-15-19(23-2)13-14-21(17)24-3;/h5-15H,4H2,1-3H3;1H/q+1;/p-1/b12-10+;. The molecular weight excluding hydrogens is 425 g/mol. The summed E-state index contributed by atoms with van der Waals surface area (Å²) in [5, 5.41) is 1.25. The van der Waals surface area contributed by atoms with Gasteiger partial charge in [0.2, 0.25) is 11.2 Å². The maximum Gasteiger partial charge on any atom is 0.212 e. The lowest BCUT2D eigenvalue weighted by molar-refractivity contribution is -0.669. The Morgan fingerprint density at radius 1 is 0.920 bits per heavy atom. The van der Waals surface area contributed by atoms with Gasteiger partial charge in [-0.3, -0.25) is 0 Å². The molecule has 4 heteroatoms. The van der Waals surface area contributed by atoms with E-state index in [4.69, 9.17) is 9.47 Å². The Hall–Kier alpha value is -2.08.